The van der Waals surface area contributed by atoms with Crippen LogP contribution in [0.15, 0.2) is 52.9 Å². The summed E-state index contributed by atoms with van der Waals surface area (Å²) in [5.41, 5.74) is 3.20. The summed E-state index contributed by atoms with van der Waals surface area (Å²) in [6, 6.07) is 15.8. The molecule has 3 aromatic rings. The zero-order valence-electron chi connectivity index (χ0n) is 14.0. The van der Waals surface area contributed by atoms with E-state index in [1.165, 1.54) is 5.56 Å². The molecule has 0 saturated carbocycles. The van der Waals surface area contributed by atoms with E-state index in [9.17, 15) is 0 Å². The minimum absolute atomic E-state index is 0.148. The van der Waals surface area contributed by atoms with Crippen molar-refractivity contribution in [3.63, 3.8) is 0 Å². The van der Waals surface area contributed by atoms with Gasteiger partial charge in [-0.15, -0.1) is 10.2 Å². The molecular formula is C19H20ClN3O. The van der Waals surface area contributed by atoms with Crippen LogP contribution in [0.25, 0.3) is 11.5 Å². The molecule has 0 amide bonds. The zero-order chi connectivity index (χ0) is 17.2. The van der Waals surface area contributed by atoms with E-state index < -0.39 is 0 Å². The van der Waals surface area contributed by atoms with E-state index >= 15 is 0 Å². The normalized spacial score (nSPS) is 11.5. The van der Waals surface area contributed by atoms with Crippen molar-refractivity contribution in [2.45, 2.75) is 32.7 Å². The Labute approximate surface area is 146 Å². The van der Waals surface area contributed by atoms with E-state index in [1.807, 2.05) is 18.2 Å². The van der Waals surface area contributed by atoms with E-state index in [0.29, 0.717) is 23.3 Å². The van der Waals surface area contributed by atoms with Gasteiger partial charge < -0.3 is 9.73 Å². The molecule has 1 N–H and O–H groups in total. The van der Waals surface area contributed by atoms with E-state index in [1.54, 1.807) is 6.07 Å². The van der Waals surface area contributed by atoms with Crippen LogP contribution >= 0.6 is 11.6 Å². The highest BCUT2D eigenvalue weighted by Gasteiger charge is 2.13. The summed E-state index contributed by atoms with van der Waals surface area (Å²) in [7, 11) is 0. The summed E-state index contributed by atoms with van der Waals surface area (Å²) in [6.45, 7) is 7.06. The van der Waals surface area contributed by atoms with E-state index in [4.69, 9.17) is 16.0 Å². The standard InChI is InChI=1S/C19H20ClN3O/c1-19(2,3)13-8-10-14(11-9-13)21-12-17-22-23-18(24-17)15-6-4-5-7-16(15)20/h4-11,21H,12H2,1-3H3. The molecule has 0 aliphatic heterocycles. The Kier molecular flexibility index (Phi) is 4.58. The van der Waals surface area contributed by atoms with Gasteiger partial charge in [-0.25, -0.2) is 0 Å². The van der Waals surface area contributed by atoms with Crippen LogP contribution in [-0.4, -0.2) is 10.2 Å². The largest absolute Gasteiger partial charge is 0.419 e. The lowest BCUT2D eigenvalue weighted by atomic mass is 9.87. The number of aromatic nitrogens is 2. The molecule has 0 fully saturated rings. The lowest BCUT2D eigenvalue weighted by Crippen LogP contribution is -2.10. The van der Waals surface area contributed by atoms with Crippen molar-refractivity contribution < 1.29 is 4.42 Å². The molecule has 0 bridgehead atoms. The fourth-order valence-corrected chi connectivity index (χ4v) is 2.55. The van der Waals surface area contributed by atoms with Crippen LogP contribution in [-0.2, 0) is 12.0 Å². The lowest BCUT2D eigenvalue weighted by molar-refractivity contribution is 0.515. The molecule has 5 heteroatoms. The molecular weight excluding hydrogens is 322 g/mol. The maximum absolute atomic E-state index is 6.15. The van der Waals surface area contributed by atoms with Gasteiger partial charge in [0.05, 0.1) is 17.1 Å². The minimum atomic E-state index is 0.148. The molecule has 1 heterocycles. The van der Waals surface area contributed by atoms with Crippen LogP contribution in [0.2, 0.25) is 5.02 Å². The summed E-state index contributed by atoms with van der Waals surface area (Å²) < 4.78 is 5.68. The van der Waals surface area contributed by atoms with Crippen LogP contribution in [0.1, 0.15) is 32.2 Å². The summed E-state index contributed by atoms with van der Waals surface area (Å²) in [5, 5.41) is 12.0. The van der Waals surface area contributed by atoms with Crippen LogP contribution < -0.4 is 5.32 Å². The number of nitrogens with one attached hydrogen (secondary N) is 1. The topological polar surface area (TPSA) is 51.0 Å². The summed E-state index contributed by atoms with van der Waals surface area (Å²) in [5.74, 6) is 0.949. The first kappa shape index (κ1) is 16.5. The Hall–Kier alpha value is -2.33. The molecule has 124 valence electrons. The third-order valence-electron chi connectivity index (χ3n) is 3.77. The quantitative estimate of drug-likeness (QED) is 0.699. The molecule has 2 aromatic carbocycles. The number of rotatable bonds is 4. The third-order valence-corrected chi connectivity index (χ3v) is 4.10. The number of nitrogens with zero attached hydrogens (tertiary/aromatic N) is 2. The first-order chi connectivity index (χ1) is 11.4. The van der Waals surface area contributed by atoms with Gasteiger partial charge in [-0.3, -0.25) is 0 Å². The predicted octanol–water partition coefficient (Wildman–Crippen LogP) is 5.30. The summed E-state index contributed by atoms with van der Waals surface area (Å²) in [4.78, 5) is 0. The van der Waals surface area contributed by atoms with Gasteiger partial charge >= 0.3 is 0 Å². The fourth-order valence-electron chi connectivity index (χ4n) is 2.33. The van der Waals surface area contributed by atoms with Crippen molar-refractivity contribution in [1.82, 2.24) is 10.2 Å². The van der Waals surface area contributed by atoms with Gasteiger partial charge in [-0.05, 0) is 35.2 Å². The molecule has 0 saturated heterocycles. The van der Waals surface area contributed by atoms with E-state index in [2.05, 4.69) is 60.6 Å². The lowest BCUT2D eigenvalue weighted by Gasteiger charge is -2.19. The maximum atomic E-state index is 6.15. The molecule has 24 heavy (non-hydrogen) atoms. The first-order valence-corrected chi connectivity index (χ1v) is 8.23. The maximum Gasteiger partial charge on any atom is 0.249 e. The fraction of sp³-hybridized carbons (Fsp3) is 0.263. The molecule has 0 aliphatic carbocycles. The monoisotopic (exact) mass is 341 g/mol. The molecule has 0 atom stereocenters. The van der Waals surface area contributed by atoms with Gasteiger partial charge in [0.25, 0.3) is 0 Å². The third kappa shape index (κ3) is 3.77. The molecule has 0 spiro atoms. The van der Waals surface area contributed by atoms with E-state index in [0.717, 1.165) is 11.3 Å². The van der Waals surface area contributed by atoms with Crippen molar-refractivity contribution in [3.8, 4) is 11.5 Å². The smallest absolute Gasteiger partial charge is 0.249 e. The number of anilines is 1. The van der Waals surface area contributed by atoms with Crippen molar-refractivity contribution in [1.29, 1.82) is 0 Å². The number of halogens is 1. The van der Waals surface area contributed by atoms with Crippen molar-refractivity contribution >= 4 is 17.3 Å². The van der Waals surface area contributed by atoms with Gasteiger partial charge in [0, 0.05) is 5.69 Å². The Balaban J connectivity index is 1.67. The van der Waals surface area contributed by atoms with Crippen LogP contribution in [0.5, 0.6) is 0 Å². The van der Waals surface area contributed by atoms with Gasteiger partial charge in [0.1, 0.15) is 0 Å². The second-order valence-electron chi connectivity index (χ2n) is 6.66. The average Bonchev–Trinajstić information content (AvgIpc) is 3.02. The Morgan fingerprint density at radius 1 is 1.00 bits per heavy atom. The highest BCUT2D eigenvalue weighted by Crippen LogP contribution is 2.27. The number of hydrogen-bond acceptors (Lipinski definition) is 4. The van der Waals surface area contributed by atoms with Crippen molar-refractivity contribution in [2.24, 2.45) is 0 Å². The Morgan fingerprint density at radius 2 is 1.71 bits per heavy atom. The first-order valence-electron chi connectivity index (χ1n) is 7.85. The second kappa shape index (κ2) is 6.65. The van der Waals surface area contributed by atoms with Crippen molar-refractivity contribution in [3.05, 3.63) is 65.0 Å². The zero-order valence-corrected chi connectivity index (χ0v) is 14.8. The molecule has 0 aliphatic rings. The highest BCUT2D eigenvalue weighted by atomic mass is 35.5. The molecule has 1 aromatic heterocycles. The summed E-state index contributed by atoms with van der Waals surface area (Å²) >= 11 is 6.15. The SMILES string of the molecule is CC(C)(C)c1ccc(NCc2nnc(-c3ccccc3Cl)o2)cc1. The van der Waals surface area contributed by atoms with Gasteiger partial charge in [-0.2, -0.15) is 0 Å². The van der Waals surface area contributed by atoms with Gasteiger partial charge in [-0.1, -0.05) is 56.6 Å². The highest BCUT2D eigenvalue weighted by molar-refractivity contribution is 6.33. The molecule has 0 unspecified atom stereocenters. The van der Waals surface area contributed by atoms with Gasteiger partial charge in [0.15, 0.2) is 0 Å². The van der Waals surface area contributed by atoms with Crippen LogP contribution in [0.3, 0.4) is 0 Å². The second-order valence-corrected chi connectivity index (χ2v) is 7.07. The number of hydrogen-bond donors (Lipinski definition) is 1. The number of benzene rings is 2. The van der Waals surface area contributed by atoms with Gasteiger partial charge in [0.2, 0.25) is 11.8 Å². The molecule has 4 nitrogen and oxygen atoms in total. The predicted molar refractivity (Wildman–Crippen MR) is 97.2 cm³/mol. The van der Waals surface area contributed by atoms with Crippen LogP contribution in [0, 0.1) is 0 Å². The van der Waals surface area contributed by atoms with Crippen molar-refractivity contribution in [2.75, 3.05) is 5.32 Å². The van der Waals surface area contributed by atoms with Crippen LogP contribution in [0.4, 0.5) is 5.69 Å². The Bertz CT molecular complexity index is 819. The minimum Gasteiger partial charge on any atom is -0.419 e. The average molecular weight is 342 g/mol. The van der Waals surface area contributed by atoms with E-state index in [-0.39, 0.29) is 5.41 Å². The summed E-state index contributed by atoms with van der Waals surface area (Å²) in [6.07, 6.45) is 0. The molecule has 0 radical (unpaired) electrons. The molecule has 3 rings (SSSR count). The Morgan fingerprint density at radius 3 is 2.38 bits per heavy atom.